The van der Waals surface area contributed by atoms with Crippen LogP contribution in [0.25, 0.3) is 5.69 Å². The Labute approximate surface area is 121 Å². The number of nitrogens with zero attached hydrogens (tertiary/aromatic N) is 2. The molecule has 0 aliphatic carbocycles. The SMILES string of the molecule is FC(F)(F)c1c(CCl)cnn1-c1ccc(Cl)c(Cl)c1. The van der Waals surface area contributed by atoms with Gasteiger partial charge in [-0.05, 0) is 18.2 Å². The predicted octanol–water partition coefficient (Wildman–Crippen LogP) is 4.94. The Morgan fingerprint density at radius 3 is 2.37 bits per heavy atom. The van der Waals surface area contributed by atoms with Gasteiger partial charge >= 0.3 is 6.18 Å². The van der Waals surface area contributed by atoms with Gasteiger partial charge in [-0.3, -0.25) is 0 Å². The Bertz CT molecular complexity index is 608. The highest BCUT2D eigenvalue weighted by Crippen LogP contribution is 2.35. The Morgan fingerprint density at radius 1 is 1.16 bits per heavy atom. The summed E-state index contributed by atoms with van der Waals surface area (Å²) in [6.45, 7) is 0. The van der Waals surface area contributed by atoms with Crippen LogP contribution in [0.1, 0.15) is 11.3 Å². The highest BCUT2D eigenvalue weighted by molar-refractivity contribution is 6.42. The van der Waals surface area contributed by atoms with E-state index in [2.05, 4.69) is 5.10 Å². The van der Waals surface area contributed by atoms with Crippen LogP contribution in [0, 0.1) is 0 Å². The van der Waals surface area contributed by atoms with Gasteiger partial charge in [0, 0.05) is 5.56 Å². The van der Waals surface area contributed by atoms with Gasteiger partial charge in [0.25, 0.3) is 0 Å². The monoisotopic (exact) mass is 328 g/mol. The molecule has 0 fully saturated rings. The number of hydrogen-bond acceptors (Lipinski definition) is 1. The molecule has 0 saturated carbocycles. The fourth-order valence-electron chi connectivity index (χ4n) is 1.59. The molecule has 0 bridgehead atoms. The lowest BCUT2D eigenvalue weighted by Gasteiger charge is -2.12. The van der Waals surface area contributed by atoms with Gasteiger partial charge in [0.15, 0.2) is 5.69 Å². The second-order valence-electron chi connectivity index (χ2n) is 3.66. The van der Waals surface area contributed by atoms with E-state index < -0.39 is 11.9 Å². The van der Waals surface area contributed by atoms with E-state index in [0.29, 0.717) is 0 Å². The first-order chi connectivity index (χ1) is 8.84. The van der Waals surface area contributed by atoms with Crippen LogP contribution in [0.15, 0.2) is 24.4 Å². The van der Waals surface area contributed by atoms with Crippen molar-refractivity contribution in [1.82, 2.24) is 9.78 Å². The van der Waals surface area contributed by atoms with Crippen LogP contribution < -0.4 is 0 Å². The third-order valence-electron chi connectivity index (χ3n) is 2.41. The number of rotatable bonds is 2. The summed E-state index contributed by atoms with van der Waals surface area (Å²) in [5.41, 5.74) is -0.848. The number of alkyl halides is 4. The second-order valence-corrected chi connectivity index (χ2v) is 4.74. The first kappa shape index (κ1) is 14.5. The molecule has 1 aromatic carbocycles. The first-order valence-corrected chi connectivity index (χ1v) is 6.29. The molecule has 0 aliphatic rings. The van der Waals surface area contributed by atoms with Crippen LogP contribution in [0.4, 0.5) is 13.2 Å². The molecule has 0 radical (unpaired) electrons. The van der Waals surface area contributed by atoms with Gasteiger partial charge < -0.3 is 0 Å². The molecule has 102 valence electrons. The standard InChI is InChI=1S/C11H6Cl3F3N2/c12-4-6-5-18-19(10(6)11(15,16)17)7-1-2-8(13)9(14)3-7/h1-3,5H,4H2. The summed E-state index contributed by atoms with van der Waals surface area (Å²) in [4.78, 5) is 0. The molecule has 0 N–H and O–H groups in total. The summed E-state index contributed by atoms with van der Waals surface area (Å²) in [6.07, 6.45) is -3.48. The van der Waals surface area contributed by atoms with Crippen molar-refractivity contribution >= 4 is 34.8 Å². The van der Waals surface area contributed by atoms with Crippen LogP contribution in [-0.4, -0.2) is 9.78 Å². The van der Waals surface area contributed by atoms with Crippen molar-refractivity contribution in [3.63, 3.8) is 0 Å². The van der Waals surface area contributed by atoms with Crippen LogP contribution in [0.3, 0.4) is 0 Å². The maximum absolute atomic E-state index is 13.0. The maximum atomic E-state index is 13.0. The van der Waals surface area contributed by atoms with E-state index in [9.17, 15) is 13.2 Å². The zero-order chi connectivity index (χ0) is 14.2. The van der Waals surface area contributed by atoms with Crippen molar-refractivity contribution in [2.75, 3.05) is 0 Å². The molecule has 2 rings (SSSR count). The van der Waals surface area contributed by atoms with Gasteiger partial charge in [0.05, 0.1) is 27.8 Å². The second kappa shape index (κ2) is 5.23. The molecular weight excluding hydrogens is 323 g/mol. The van der Waals surface area contributed by atoms with Crippen molar-refractivity contribution < 1.29 is 13.2 Å². The van der Waals surface area contributed by atoms with Crippen molar-refractivity contribution in [3.05, 3.63) is 45.7 Å². The molecule has 0 atom stereocenters. The summed E-state index contributed by atoms with van der Waals surface area (Å²) >= 11 is 17.0. The fraction of sp³-hybridized carbons (Fsp3) is 0.182. The van der Waals surface area contributed by atoms with Gasteiger partial charge in [0.2, 0.25) is 0 Å². The lowest BCUT2D eigenvalue weighted by atomic mass is 10.2. The van der Waals surface area contributed by atoms with E-state index in [0.717, 1.165) is 10.9 Å². The average molecular weight is 330 g/mol. The number of aromatic nitrogens is 2. The van der Waals surface area contributed by atoms with Crippen LogP contribution in [0.2, 0.25) is 10.0 Å². The minimum absolute atomic E-state index is 0.0970. The molecule has 0 saturated heterocycles. The Balaban J connectivity index is 2.62. The van der Waals surface area contributed by atoms with E-state index in [1.165, 1.54) is 18.2 Å². The predicted molar refractivity (Wildman–Crippen MR) is 68.1 cm³/mol. The van der Waals surface area contributed by atoms with Crippen LogP contribution in [0.5, 0.6) is 0 Å². The summed E-state index contributed by atoms with van der Waals surface area (Å²) in [6, 6.07) is 4.11. The summed E-state index contributed by atoms with van der Waals surface area (Å²) in [5, 5.41) is 4.11. The highest BCUT2D eigenvalue weighted by atomic mass is 35.5. The van der Waals surface area contributed by atoms with Gasteiger partial charge in [0.1, 0.15) is 0 Å². The van der Waals surface area contributed by atoms with Gasteiger partial charge in [-0.1, -0.05) is 23.2 Å². The topological polar surface area (TPSA) is 17.8 Å². The Kier molecular flexibility index (Phi) is 3.99. The smallest absolute Gasteiger partial charge is 0.228 e. The van der Waals surface area contributed by atoms with Crippen LogP contribution in [-0.2, 0) is 12.1 Å². The van der Waals surface area contributed by atoms with Gasteiger partial charge in [-0.2, -0.15) is 18.3 Å². The molecule has 2 aromatic rings. The van der Waals surface area contributed by atoms with Crippen molar-refractivity contribution in [3.8, 4) is 5.69 Å². The number of benzene rings is 1. The number of halogens is 6. The third kappa shape index (κ3) is 2.83. The zero-order valence-corrected chi connectivity index (χ0v) is 11.4. The quantitative estimate of drug-likeness (QED) is 0.714. The van der Waals surface area contributed by atoms with Crippen molar-refractivity contribution in [1.29, 1.82) is 0 Å². The van der Waals surface area contributed by atoms with E-state index >= 15 is 0 Å². The van der Waals surface area contributed by atoms with Gasteiger partial charge in [-0.15, -0.1) is 11.6 Å². The molecule has 1 aromatic heterocycles. The lowest BCUT2D eigenvalue weighted by Crippen LogP contribution is -2.15. The van der Waals surface area contributed by atoms with Gasteiger partial charge in [-0.25, -0.2) is 4.68 Å². The largest absolute Gasteiger partial charge is 0.433 e. The normalized spacial score (nSPS) is 11.9. The molecule has 0 aliphatic heterocycles. The molecular formula is C11H6Cl3F3N2. The minimum Gasteiger partial charge on any atom is -0.228 e. The summed E-state index contributed by atoms with van der Waals surface area (Å²) in [5.74, 6) is -0.282. The van der Waals surface area contributed by atoms with Crippen molar-refractivity contribution in [2.24, 2.45) is 0 Å². The van der Waals surface area contributed by atoms with E-state index in [4.69, 9.17) is 34.8 Å². The molecule has 0 unspecified atom stereocenters. The molecule has 0 spiro atoms. The molecule has 19 heavy (non-hydrogen) atoms. The lowest BCUT2D eigenvalue weighted by molar-refractivity contribution is -0.143. The molecule has 0 amide bonds. The Hall–Kier alpha value is -0.910. The van der Waals surface area contributed by atoms with E-state index in [1.807, 2.05) is 0 Å². The highest BCUT2D eigenvalue weighted by Gasteiger charge is 2.38. The van der Waals surface area contributed by atoms with Crippen molar-refractivity contribution in [2.45, 2.75) is 12.1 Å². The number of hydrogen-bond donors (Lipinski definition) is 0. The average Bonchev–Trinajstić information content (AvgIpc) is 2.76. The Morgan fingerprint density at radius 2 is 1.84 bits per heavy atom. The molecule has 1 heterocycles. The van der Waals surface area contributed by atoms with Crippen LogP contribution >= 0.6 is 34.8 Å². The summed E-state index contributed by atoms with van der Waals surface area (Å²) in [7, 11) is 0. The molecule has 8 heteroatoms. The molecule has 2 nitrogen and oxygen atoms in total. The minimum atomic E-state index is -4.56. The zero-order valence-electron chi connectivity index (χ0n) is 9.18. The third-order valence-corrected chi connectivity index (χ3v) is 3.43. The fourth-order valence-corrected chi connectivity index (χ4v) is 2.08. The van der Waals surface area contributed by atoms with E-state index in [-0.39, 0.29) is 27.2 Å². The summed E-state index contributed by atoms with van der Waals surface area (Å²) < 4.78 is 39.8. The maximum Gasteiger partial charge on any atom is 0.433 e. The first-order valence-electron chi connectivity index (χ1n) is 5.00. The van der Waals surface area contributed by atoms with E-state index in [1.54, 1.807) is 0 Å².